The van der Waals surface area contributed by atoms with E-state index in [0.29, 0.717) is 22.2 Å². The average Bonchev–Trinajstić information content (AvgIpc) is 3.01. The van der Waals surface area contributed by atoms with Crippen LogP contribution in [0.25, 0.3) is 0 Å². The van der Waals surface area contributed by atoms with Crippen LogP contribution in [0.4, 0.5) is 5.00 Å². The van der Waals surface area contributed by atoms with Crippen LogP contribution in [0.15, 0.2) is 24.3 Å². The van der Waals surface area contributed by atoms with E-state index in [0.717, 1.165) is 36.8 Å². The third-order valence-electron chi connectivity index (χ3n) is 4.41. The maximum absolute atomic E-state index is 12.5. The summed E-state index contributed by atoms with van der Waals surface area (Å²) in [5, 5.41) is 7.13. The Kier molecular flexibility index (Phi) is 7.04. The number of ether oxygens (including phenoxy) is 1. The summed E-state index contributed by atoms with van der Waals surface area (Å²) in [6.07, 6.45) is 4.15. The van der Waals surface area contributed by atoms with Gasteiger partial charge in [0.05, 0.1) is 18.6 Å². The molecule has 28 heavy (non-hydrogen) atoms. The van der Waals surface area contributed by atoms with Gasteiger partial charge in [-0.3, -0.25) is 4.79 Å². The first kappa shape index (κ1) is 20.8. The Morgan fingerprint density at radius 1 is 1.21 bits per heavy atom. The minimum atomic E-state index is -0.348. The topological polar surface area (TPSA) is 67.4 Å². The van der Waals surface area contributed by atoms with Crippen molar-refractivity contribution in [2.75, 3.05) is 11.9 Å². The Morgan fingerprint density at radius 2 is 1.93 bits per heavy atom. The second-order valence-corrected chi connectivity index (χ2v) is 8.39. The van der Waals surface area contributed by atoms with Crippen molar-refractivity contribution in [2.45, 2.75) is 39.0 Å². The van der Waals surface area contributed by atoms with Crippen molar-refractivity contribution in [3.8, 4) is 0 Å². The highest BCUT2D eigenvalue weighted by atomic mass is 35.5. The highest BCUT2D eigenvalue weighted by molar-refractivity contribution is 7.80. The first-order valence-electron chi connectivity index (χ1n) is 9.15. The lowest BCUT2D eigenvalue weighted by molar-refractivity contribution is -0.119. The molecule has 5 nitrogen and oxygen atoms in total. The van der Waals surface area contributed by atoms with E-state index in [1.807, 2.05) is 0 Å². The van der Waals surface area contributed by atoms with Crippen LogP contribution in [0.3, 0.4) is 0 Å². The van der Waals surface area contributed by atoms with E-state index in [-0.39, 0.29) is 23.4 Å². The molecule has 0 bridgehead atoms. The third-order valence-corrected chi connectivity index (χ3v) is 6.07. The van der Waals surface area contributed by atoms with Crippen LogP contribution in [-0.2, 0) is 28.8 Å². The van der Waals surface area contributed by atoms with Crippen molar-refractivity contribution in [3.05, 3.63) is 50.9 Å². The van der Waals surface area contributed by atoms with E-state index in [4.69, 9.17) is 28.6 Å². The van der Waals surface area contributed by atoms with Crippen molar-refractivity contribution < 1.29 is 14.3 Å². The molecule has 1 aromatic heterocycles. The molecule has 1 aromatic carbocycles. The maximum atomic E-state index is 12.5. The van der Waals surface area contributed by atoms with Crippen LogP contribution >= 0.6 is 35.2 Å². The number of thiophene rings is 1. The van der Waals surface area contributed by atoms with Gasteiger partial charge in [0.25, 0.3) is 0 Å². The molecule has 0 atom stereocenters. The minimum absolute atomic E-state index is 0.170. The number of aryl methyl sites for hydroxylation is 1. The number of nitrogens with one attached hydrogen (secondary N) is 2. The van der Waals surface area contributed by atoms with Crippen LogP contribution in [0.1, 0.15) is 46.1 Å². The number of rotatable bonds is 5. The third kappa shape index (κ3) is 5.10. The number of carbonyl (C=O) groups excluding carboxylic acids is 2. The molecule has 0 fully saturated rings. The van der Waals surface area contributed by atoms with Crippen molar-refractivity contribution in [2.24, 2.45) is 0 Å². The van der Waals surface area contributed by atoms with Gasteiger partial charge in [0.2, 0.25) is 5.91 Å². The van der Waals surface area contributed by atoms with Crippen LogP contribution in [0.2, 0.25) is 5.02 Å². The molecular formula is C20H21ClN2O3S2. The highest BCUT2D eigenvalue weighted by Gasteiger charge is 2.26. The van der Waals surface area contributed by atoms with E-state index < -0.39 is 0 Å². The van der Waals surface area contributed by atoms with Crippen molar-refractivity contribution in [3.63, 3.8) is 0 Å². The first-order chi connectivity index (χ1) is 13.5. The summed E-state index contributed by atoms with van der Waals surface area (Å²) < 4.78 is 5.23. The lowest BCUT2D eigenvalue weighted by Gasteiger charge is -2.13. The standard InChI is InChI=1S/C20H21ClN2O3S2/c1-2-26-19(25)17-14-5-3-4-6-15(14)28-18(17)23-20(27)22-16(24)11-12-7-9-13(21)10-8-12/h7-10H,2-6,11H2,1H3,(H2,22,23,24,27). The molecule has 0 radical (unpaired) electrons. The summed E-state index contributed by atoms with van der Waals surface area (Å²) in [4.78, 5) is 25.9. The molecule has 8 heteroatoms. The fourth-order valence-corrected chi connectivity index (χ4v) is 4.85. The van der Waals surface area contributed by atoms with Crippen LogP contribution < -0.4 is 10.6 Å². The molecule has 1 heterocycles. The van der Waals surface area contributed by atoms with Crippen molar-refractivity contribution in [1.29, 1.82) is 0 Å². The number of fused-ring (bicyclic) bond motifs is 1. The van der Waals surface area contributed by atoms with E-state index in [2.05, 4.69) is 10.6 Å². The fourth-order valence-electron chi connectivity index (χ4n) is 3.17. The number of anilines is 1. The smallest absolute Gasteiger partial charge is 0.341 e. The van der Waals surface area contributed by atoms with Gasteiger partial charge in [0, 0.05) is 9.90 Å². The molecule has 3 rings (SSSR count). The summed E-state index contributed by atoms with van der Waals surface area (Å²) >= 11 is 12.7. The normalized spacial score (nSPS) is 12.8. The zero-order valence-corrected chi connectivity index (χ0v) is 17.9. The quantitative estimate of drug-likeness (QED) is 0.533. The van der Waals surface area contributed by atoms with Crippen molar-refractivity contribution in [1.82, 2.24) is 5.32 Å². The molecule has 0 unspecified atom stereocenters. The first-order valence-corrected chi connectivity index (χ1v) is 10.7. The zero-order valence-electron chi connectivity index (χ0n) is 15.5. The molecule has 2 aromatic rings. The molecular weight excluding hydrogens is 416 g/mol. The Balaban J connectivity index is 1.69. The molecule has 0 aliphatic heterocycles. The van der Waals surface area contributed by atoms with Crippen molar-refractivity contribution >= 4 is 57.1 Å². The number of esters is 1. The van der Waals surface area contributed by atoms with Gasteiger partial charge in [0.1, 0.15) is 5.00 Å². The number of thiocarbonyl (C=S) groups is 1. The van der Waals surface area contributed by atoms with E-state index in [1.54, 1.807) is 31.2 Å². The van der Waals surface area contributed by atoms with Gasteiger partial charge < -0.3 is 15.4 Å². The monoisotopic (exact) mass is 436 g/mol. The van der Waals surface area contributed by atoms with E-state index in [1.165, 1.54) is 16.2 Å². The molecule has 0 saturated carbocycles. The zero-order chi connectivity index (χ0) is 20.1. The van der Waals surface area contributed by atoms with Crippen LogP contribution in [0, 0.1) is 0 Å². The Hall–Kier alpha value is -1.96. The number of hydrogen-bond acceptors (Lipinski definition) is 5. The molecule has 148 valence electrons. The van der Waals surface area contributed by atoms with E-state index in [9.17, 15) is 9.59 Å². The predicted octanol–water partition coefficient (Wildman–Crippen LogP) is 4.51. The second kappa shape index (κ2) is 9.49. The van der Waals surface area contributed by atoms with Gasteiger partial charge in [-0.1, -0.05) is 23.7 Å². The summed E-state index contributed by atoms with van der Waals surface area (Å²) in [6.45, 7) is 2.09. The largest absolute Gasteiger partial charge is 0.462 e. The summed E-state index contributed by atoms with van der Waals surface area (Å²) in [5.41, 5.74) is 2.44. The molecule has 1 amide bonds. The summed E-state index contributed by atoms with van der Waals surface area (Å²) in [7, 11) is 0. The Morgan fingerprint density at radius 3 is 2.64 bits per heavy atom. The second-order valence-electron chi connectivity index (χ2n) is 6.44. The number of halogens is 1. The predicted molar refractivity (Wildman–Crippen MR) is 116 cm³/mol. The summed E-state index contributed by atoms with van der Waals surface area (Å²) in [5.74, 6) is -0.585. The fraction of sp³-hybridized carbons (Fsp3) is 0.350. The highest BCUT2D eigenvalue weighted by Crippen LogP contribution is 2.38. The molecule has 1 aliphatic carbocycles. The number of amides is 1. The minimum Gasteiger partial charge on any atom is -0.462 e. The maximum Gasteiger partial charge on any atom is 0.341 e. The van der Waals surface area contributed by atoms with Gasteiger partial charge in [-0.25, -0.2) is 4.79 Å². The van der Waals surface area contributed by atoms with Gasteiger partial charge in [-0.05, 0) is 68.1 Å². The van der Waals surface area contributed by atoms with Gasteiger partial charge in [-0.15, -0.1) is 11.3 Å². The average molecular weight is 437 g/mol. The van der Waals surface area contributed by atoms with Gasteiger partial charge >= 0.3 is 5.97 Å². The number of benzene rings is 1. The van der Waals surface area contributed by atoms with E-state index >= 15 is 0 Å². The summed E-state index contributed by atoms with van der Waals surface area (Å²) in [6, 6.07) is 7.07. The van der Waals surface area contributed by atoms with Gasteiger partial charge in [-0.2, -0.15) is 0 Å². The SMILES string of the molecule is CCOC(=O)c1c(NC(=S)NC(=O)Cc2ccc(Cl)cc2)sc2c1CCCC2. The van der Waals surface area contributed by atoms with Crippen LogP contribution in [0.5, 0.6) is 0 Å². The Bertz CT molecular complexity index is 894. The van der Waals surface area contributed by atoms with Crippen LogP contribution in [-0.4, -0.2) is 23.6 Å². The molecule has 2 N–H and O–H groups in total. The molecule has 1 aliphatic rings. The number of hydrogen-bond donors (Lipinski definition) is 2. The Labute approximate surface area is 178 Å². The lowest BCUT2D eigenvalue weighted by atomic mass is 9.95. The van der Waals surface area contributed by atoms with Gasteiger partial charge in [0.15, 0.2) is 5.11 Å². The lowest BCUT2D eigenvalue weighted by Crippen LogP contribution is -2.35. The molecule has 0 saturated heterocycles. The molecule has 0 spiro atoms. The number of carbonyl (C=O) groups is 2.